The fourth-order valence-electron chi connectivity index (χ4n) is 3.50. The fraction of sp³-hybridized carbons (Fsp3) is 0.227. The molecule has 1 saturated heterocycles. The Morgan fingerprint density at radius 2 is 1.86 bits per heavy atom. The summed E-state index contributed by atoms with van der Waals surface area (Å²) in [6.07, 6.45) is 0. The molecule has 0 spiro atoms. The molecule has 5 nitrogen and oxygen atoms in total. The molecule has 3 aromatic carbocycles. The fourth-order valence-corrected chi connectivity index (χ4v) is 4.86. The molecule has 0 atom stereocenters. The Bertz CT molecular complexity index is 1070. The summed E-state index contributed by atoms with van der Waals surface area (Å²) in [7, 11) is 1.57. The number of ether oxygens (including phenoxy) is 2. The lowest BCUT2D eigenvalue weighted by Gasteiger charge is -2.29. The first-order valence-corrected chi connectivity index (χ1v) is 10.9. The molecule has 1 heterocycles. The molecule has 4 rings (SSSR count). The van der Waals surface area contributed by atoms with E-state index in [0.29, 0.717) is 17.0 Å². The van der Waals surface area contributed by atoms with Gasteiger partial charge in [-0.2, -0.15) is 0 Å². The van der Waals surface area contributed by atoms with E-state index in [9.17, 15) is 4.79 Å². The van der Waals surface area contributed by atoms with Crippen LogP contribution in [0.15, 0.2) is 57.5 Å². The highest BCUT2D eigenvalue weighted by Gasteiger charge is 2.19. The number of hydrogen-bond donors (Lipinski definition) is 1. The number of hydrogen-bond acceptors (Lipinski definition) is 4. The maximum atomic E-state index is 13.0. The molecule has 1 aliphatic heterocycles. The standard InChI is InChI=1S/C22H20Br2N2O3/c1-28-21-17(12-14-4-2-3-5-16(14)20(21)24)22(27)25-15-6-7-19(18(23)13-15)26-8-10-29-11-9-26/h2-7,12-13H,8-11H2,1H3,(H,25,27). The highest BCUT2D eigenvalue weighted by Crippen LogP contribution is 2.37. The van der Waals surface area contributed by atoms with E-state index in [1.807, 2.05) is 48.5 Å². The maximum absolute atomic E-state index is 13.0. The lowest BCUT2D eigenvalue weighted by molar-refractivity contribution is 0.102. The first-order chi connectivity index (χ1) is 14.1. The van der Waals surface area contributed by atoms with Gasteiger partial charge in [0, 0.05) is 23.2 Å². The molecular weight excluding hydrogens is 500 g/mol. The third-order valence-corrected chi connectivity index (χ3v) is 6.37. The quantitative estimate of drug-likeness (QED) is 0.497. The van der Waals surface area contributed by atoms with Crippen molar-refractivity contribution >= 4 is 59.9 Å². The SMILES string of the molecule is COc1c(C(=O)Nc2ccc(N3CCOCC3)c(Br)c2)cc2ccccc2c1Br. The van der Waals surface area contributed by atoms with Gasteiger partial charge >= 0.3 is 0 Å². The number of morpholine rings is 1. The second-order valence-corrected chi connectivity index (χ2v) is 8.36. The Morgan fingerprint density at radius 3 is 2.59 bits per heavy atom. The first-order valence-electron chi connectivity index (χ1n) is 9.27. The molecule has 7 heteroatoms. The van der Waals surface area contributed by atoms with Gasteiger partial charge in [-0.25, -0.2) is 0 Å². The van der Waals surface area contributed by atoms with E-state index in [1.54, 1.807) is 7.11 Å². The van der Waals surface area contributed by atoms with Crippen LogP contribution in [0.3, 0.4) is 0 Å². The number of halogens is 2. The van der Waals surface area contributed by atoms with Crippen LogP contribution in [0, 0.1) is 0 Å². The van der Waals surface area contributed by atoms with Gasteiger partial charge in [0.2, 0.25) is 0 Å². The van der Waals surface area contributed by atoms with Gasteiger partial charge in [-0.15, -0.1) is 0 Å². The summed E-state index contributed by atoms with van der Waals surface area (Å²) in [6.45, 7) is 3.16. The number of fused-ring (bicyclic) bond motifs is 1. The van der Waals surface area contributed by atoms with Crippen LogP contribution in [0.5, 0.6) is 5.75 Å². The molecule has 3 aromatic rings. The van der Waals surface area contributed by atoms with Crippen molar-refractivity contribution in [3.8, 4) is 5.75 Å². The Hall–Kier alpha value is -2.09. The maximum Gasteiger partial charge on any atom is 0.259 e. The molecular formula is C22H20Br2N2O3. The van der Waals surface area contributed by atoms with E-state index < -0.39 is 0 Å². The normalized spacial score (nSPS) is 14.1. The van der Waals surface area contributed by atoms with Gasteiger partial charge in [0.15, 0.2) is 0 Å². The summed E-state index contributed by atoms with van der Waals surface area (Å²) in [4.78, 5) is 15.3. The van der Waals surface area contributed by atoms with Crippen molar-refractivity contribution in [1.82, 2.24) is 0 Å². The number of rotatable bonds is 4. The van der Waals surface area contributed by atoms with Gasteiger partial charge in [0.1, 0.15) is 5.75 Å². The van der Waals surface area contributed by atoms with Gasteiger partial charge in [0.05, 0.1) is 36.0 Å². The molecule has 0 saturated carbocycles. The van der Waals surface area contributed by atoms with Crippen molar-refractivity contribution in [2.24, 2.45) is 0 Å². The van der Waals surface area contributed by atoms with Gasteiger partial charge in [-0.05, 0) is 66.9 Å². The van der Waals surface area contributed by atoms with Crippen LogP contribution in [0.1, 0.15) is 10.4 Å². The van der Waals surface area contributed by atoms with Crippen molar-refractivity contribution in [1.29, 1.82) is 0 Å². The molecule has 1 fully saturated rings. The predicted molar refractivity (Wildman–Crippen MR) is 123 cm³/mol. The summed E-state index contributed by atoms with van der Waals surface area (Å²) < 4.78 is 12.7. The predicted octanol–water partition coefficient (Wildman–Crippen LogP) is 5.46. The zero-order valence-corrected chi connectivity index (χ0v) is 19.0. The molecule has 29 heavy (non-hydrogen) atoms. The minimum Gasteiger partial charge on any atom is -0.495 e. The van der Waals surface area contributed by atoms with Crippen LogP contribution in [-0.4, -0.2) is 39.3 Å². The van der Waals surface area contributed by atoms with E-state index in [0.717, 1.165) is 51.7 Å². The zero-order valence-electron chi connectivity index (χ0n) is 15.9. The average molecular weight is 520 g/mol. The van der Waals surface area contributed by atoms with E-state index in [2.05, 4.69) is 42.1 Å². The summed E-state index contributed by atoms with van der Waals surface area (Å²) in [5, 5.41) is 4.95. The molecule has 0 radical (unpaired) electrons. The molecule has 150 valence electrons. The molecule has 0 aliphatic carbocycles. The minimum absolute atomic E-state index is 0.223. The van der Waals surface area contributed by atoms with E-state index in [-0.39, 0.29) is 5.91 Å². The van der Waals surface area contributed by atoms with Gasteiger partial charge in [-0.3, -0.25) is 4.79 Å². The number of benzene rings is 3. The topological polar surface area (TPSA) is 50.8 Å². The van der Waals surface area contributed by atoms with E-state index in [1.165, 1.54) is 0 Å². The Balaban J connectivity index is 1.62. The molecule has 1 N–H and O–H groups in total. The largest absolute Gasteiger partial charge is 0.495 e. The smallest absolute Gasteiger partial charge is 0.259 e. The Labute approximate surface area is 186 Å². The number of nitrogens with one attached hydrogen (secondary N) is 1. The van der Waals surface area contributed by atoms with Crippen LogP contribution >= 0.6 is 31.9 Å². The first kappa shape index (κ1) is 20.2. The number of amides is 1. The van der Waals surface area contributed by atoms with Crippen molar-refractivity contribution in [2.45, 2.75) is 0 Å². The zero-order chi connectivity index (χ0) is 20.4. The number of anilines is 2. The van der Waals surface area contributed by atoms with Crippen molar-refractivity contribution < 1.29 is 14.3 Å². The van der Waals surface area contributed by atoms with E-state index in [4.69, 9.17) is 9.47 Å². The molecule has 1 aliphatic rings. The van der Waals surface area contributed by atoms with Crippen LogP contribution in [0.2, 0.25) is 0 Å². The molecule has 1 amide bonds. The van der Waals surface area contributed by atoms with Crippen LogP contribution in [-0.2, 0) is 4.74 Å². The van der Waals surface area contributed by atoms with Gasteiger partial charge in [0.25, 0.3) is 5.91 Å². The third-order valence-electron chi connectivity index (χ3n) is 4.95. The lowest BCUT2D eigenvalue weighted by atomic mass is 10.0. The summed E-state index contributed by atoms with van der Waals surface area (Å²) >= 11 is 7.22. The summed E-state index contributed by atoms with van der Waals surface area (Å²) in [6, 6.07) is 15.6. The van der Waals surface area contributed by atoms with Gasteiger partial charge in [-0.1, -0.05) is 24.3 Å². The van der Waals surface area contributed by atoms with Crippen LogP contribution in [0.4, 0.5) is 11.4 Å². The highest BCUT2D eigenvalue weighted by atomic mass is 79.9. The van der Waals surface area contributed by atoms with Crippen molar-refractivity contribution in [2.75, 3.05) is 43.6 Å². The monoisotopic (exact) mass is 518 g/mol. The number of carbonyl (C=O) groups excluding carboxylic acids is 1. The Kier molecular flexibility index (Phi) is 6.08. The molecule has 0 unspecified atom stereocenters. The van der Waals surface area contributed by atoms with Crippen LogP contribution in [0.25, 0.3) is 10.8 Å². The molecule has 0 aromatic heterocycles. The second kappa shape index (κ2) is 8.73. The average Bonchev–Trinajstić information content (AvgIpc) is 2.74. The Morgan fingerprint density at radius 1 is 1.10 bits per heavy atom. The van der Waals surface area contributed by atoms with Crippen molar-refractivity contribution in [3.05, 3.63) is 63.0 Å². The highest BCUT2D eigenvalue weighted by molar-refractivity contribution is 9.11. The summed E-state index contributed by atoms with van der Waals surface area (Å²) in [5.41, 5.74) is 2.29. The second-order valence-electron chi connectivity index (χ2n) is 6.71. The number of nitrogens with zero attached hydrogens (tertiary/aromatic N) is 1. The lowest BCUT2D eigenvalue weighted by Crippen LogP contribution is -2.36. The number of carbonyl (C=O) groups is 1. The van der Waals surface area contributed by atoms with Crippen LogP contribution < -0.4 is 15.0 Å². The molecule has 0 bridgehead atoms. The third kappa shape index (κ3) is 4.13. The summed E-state index contributed by atoms with van der Waals surface area (Å²) in [5.74, 6) is 0.296. The van der Waals surface area contributed by atoms with E-state index >= 15 is 0 Å². The minimum atomic E-state index is -0.223. The van der Waals surface area contributed by atoms with Crippen molar-refractivity contribution in [3.63, 3.8) is 0 Å². The number of methoxy groups -OCH3 is 1. The van der Waals surface area contributed by atoms with Gasteiger partial charge < -0.3 is 19.7 Å².